The molecule has 42 heavy (non-hydrogen) atoms. The van der Waals surface area contributed by atoms with Gasteiger partial charge in [-0.05, 0) is 68.9 Å². The lowest BCUT2D eigenvalue weighted by atomic mass is 10.1. The van der Waals surface area contributed by atoms with E-state index in [0.717, 1.165) is 64.4 Å². The summed E-state index contributed by atoms with van der Waals surface area (Å²) in [6.07, 6.45) is 6.01. The van der Waals surface area contributed by atoms with Crippen molar-refractivity contribution in [3.63, 3.8) is 0 Å². The molecule has 2 aromatic heterocycles. The van der Waals surface area contributed by atoms with Crippen molar-refractivity contribution in [1.29, 1.82) is 0 Å². The van der Waals surface area contributed by atoms with Gasteiger partial charge in [0.1, 0.15) is 16.5 Å². The van der Waals surface area contributed by atoms with Crippen molar-refractivity contribution in [1.82, 2.24) is 14.8 Å². The van der Waals surface area contributed by atoms with Crippen molar-refractivity contribution in [3.05, 3.63) is 29.4 Å². The Kier molecular flexibility index (Phi) is 10.9. The summed E-state index contributed by atoms with van der Waals surface area (Å²) in [7, 11) is -5.47. The van der Waals surface area contributed by atoms with Crippen molar-refractivity contribution in [3.8, 4) is 16.3 Å². The van der Waals surface area contributed by atoms with Gasteiger partial charge >= 0.3 is 0 Å². The van der Waals surface area contributed by atoms with Gasteiger partial charge < -0.3 is 18.6 Å². The number of hydrogen-bond donors (Lipinski definition) is 0. The van der Waals surface area contributed by atoms with Crippen molar-refractivity contribution in [2.45, 2.75) is 90.4 Å². The fraction of sp³-hybridized carbons (Fsp3) is 0.655. The van der Waals surface area contributed by atoms with Crippen LogP contribution in [-0.4, -0.2) is 70.3 Å². The molecule has 1 fully saturated rings. The van der Waals surface area contributed by atoms with E-state index in [9.17, 15) is 8.42 Å². The summed E-state index contributed by atoms with van der Waals surface area (Å²) in [6, 6.07) is 6.28. The topological polar surface area (TPSA) is 111 Å². The molecule has 13 heteroatoms. The first kappa shape index (κ1) is 33.0. The lowest BCUT2D eigenvalue weighted by molar-refractivity contribution is -0.0365. The van der Waals surface area contributed by atoms with Crippen LogP contribution >= 0.6 is 11.3 Å². The van der Waals surface area contributed by atoms with Gasteiger partial charge in [0.25, 0.3) is 10.1 Å². The quantitative estimate of drug-likeness (QED) is 0.110. The third-order valence-electron chi connectivity index (χ3n) is 7.68. The average molecular weight is 640 g/mol. The van der Waals surface area contributed by atoms with Gasteiger partial charge in [-0.3, -0.25) is 4.18 Å². The van der Waals surface area contributed by atoms with Crippen LogP contribution in [0.15, 0.2) is 24.4 Å². The van der Waals surface area contributed by atoms with Gasteiger partial charge in [0, 0.05) is 24.8 Å². The van der Waals surface area contributed by atoms with Gasteiger partial charge in [-0.2, -0.15) is 13.5 Å². The van der Waals surface area contributed by atoms with Crippen molar-refractivity contribution >= 4 is 40.7 Å². The Labute approximate surface area is 254 Å². The highest BCUT2D eigenvalue weighted by molar-refractivity contribution is 7.86. The van der Waals surface area contributed by atoms with E-state index in [-0.39, 0.29) is 11.3 Å². The minimum absolute atomic E-state index is 0.0844. The van der Waals surface area contributed by atoms with Crippen LogP contribution in [0.2, 0.25) is 18.1 Å². The van der Waals surface area contributed by atoms with E-state index < -0.39 is 24.5 Å². The summed E-state index contributed by atoms with van der Waals surface area (Å²) in [4.78, 5) is 5.57. The Morgan fingerprint density at radius 2 is 1.93 bits per heavy atom. The fourth-order valence-electron chi connectivity index (χ4n) is 4.41. The van der Waals surface area contributed by atoms with Gasteiger partial charge in [-0.1, -0.05) is 20.8 Å². The zero-order valence-electron chi connectivity index (χ0n) is 25.8. The van der Waals surface area contributed by atoms with E-state index in [1.165, 1.54) is 0 Å². The highest BCUT2D eigenvalue weighted by atomic mass is 32.2. The second-order valence-electron chi connectivity index (χ2n) is 12.3. The van der Waals surface area contributed by atoms with Gasteiger partial charge in [0.05, 0.1) is 42.6 Å². The first-order chi connectivity index (χ1) is 19.7. The lowest BCUT2D eigenvalue weighted by Gasteiger charge is -2.36. The monoisotopic (exact) mass is 639 g/mol. The average Bonchev–Trinajstić information content (AvgIpc) is 3.51. The maximum absolute atomic E-state index is 11.2. The SMILES string of the molecule is C[C@H](CCOCCOCc1ncc(-c2nn(C3CCCCO3)c3ccc(O[Si](C)(C)C(C)(C)C)cc23)s1)OS(C)(=O)=O. The summed E-state index contributed by atoms with van der Waals surface area (Å²) in [5, 5.41) is 7.03. The molecule has 0 bridgehead atoms. The lowest BCUT2D eigenvalue weighted by Crippen LogP contribution is -2.43. The number of fused-ring (bicyclic) bond motifs is 1. The summed E-state index contributed by atoms with van der Waals surface area (Å²) >= 11 is 1.56. The third-order valence-corrected chi connectivity index (χ3v) is 13.7. The number of hydrogen-bond acceptors (Lipinski definition) is 10. The first-order valence-electron chi connectivity index (χ1n) is 14.6. The minimum Gasteiger partial charge on any atom is -0.543 e. The maximum Gasteiger partial charge on any atom is 0.264 e. The number of nitrogens with zero attached hydrogens (tertiary/aromatic N) is 3. The highest BCUT2D eigenvalue weighted by Crippen LogP contribution is 2.40. The first-order valence-corrected chi connectivity index (χ1v) is 20.1. The molecule has 2 atom stereocenters. The standard InChI is InChI=1S/C29H45N3O7S2Si/c1-21(38-41(5,33)34)13-15-35-16-17-36-20-26-30-19-25(40-26)28-23-18-22(39-42(6,7)29(2,3)4)11-12-24(23)32(31-28)27-10-8-9-14-37-27/h11-12,18-19,21,27H,8-10,13-17,20H2,1-7H3/t21-,27?/m1/s1. The van der Waals surface area contributed by atoms with Crippen LogP contribution in [0.3, 0.4) is 0 Å². The van der Waals surface area contributed by atoms with Gasteiger partial charge in [-0.15, -0.1) is 11.3 Å². The molecule has 3 heterocycles. The Bertz CT molecular complexity index is 1430. The molecular weight excluding hydrogens is 595 g/mol. The van der Waals surface area contributed by atoms with Crippen molar-refractivity contribution in [2.75, 3.05) is 32.7 Å². The van der Waals surface area contributed by atoms with Gasteiger partial charge in [0.2, 0.25) is 8.32 Å². The van der Waals surface area contributed by atoms with E-state index in [4.69, 9.17) is 27.9 Å². The molecule has 0 spiro atoms. The van der Waals surface area contributed by atoms with Gasteiger partial charge in [-0.25, -0.2) is 9.67 Å². The van der Waals surface area contributed by atoms with E-state index in [0.29, 0.717) is 32.8 Å². The number of benzene rings is 1. The molecule has 0 N–H and O–H groups in total. The Hall–Kier alpha value is -1.87. The summed E-state index contributed by atoms with van der Waals surface area (Å²) < 4.78 is 53.4. The molecule has 1 aromatic carbocycles. The maximum atomic E-state index is 11.2. The van der Waals surface area contributed by atoms with Gasteiger partial charge in [0.15, 0.2) is 6.23 Å². The van der Waals surface area contributed by atoms with Crippen LogP contribution < -0.4 is 4.43 Å². The largest absolute Gasteiger partial charge is 0.543 e. The zero-order chi connectivity index (χ0) is 30.5. The van der Waals surface area contributed by atoms with Crippen LogP contribution in [-0.2, 0) is 35.1 Å². The molecule has 1 saturated heterocycles. The molecule has 0 radical (unpaired) electrons. The Morgan fingerprint density at radius 1 is 1.17 bits per heavy atom. The predicted molar refractivity (Wildman–Crippen MR) is 168 cm³/mol. The zero-order valence-corrected chi connectivity index (χ0v) is 28.5. The van der Waals surface area contributed by atoms with E-state index >= 15 is 0 Å². The summed E-state index contributed by atoms with van der Waals surface area (Å²) in [6.45, 7) is 15.3. The van der Waals surface area contributed by atoms with Crippen LogP contribution in [0.1, 0.15) is 64.6 Å². The van der Waals surface area contributed by atoms with Crippen LogP contribution in [0.4, 0.5) is 0 Å². The molecule has 1 unspecified atom stereocenters. The highest BCUT2D eigenvalue weighted by Gasteiger charge is 2.39. The predicted octanol–water partition coefficient (Wildman–Crippen LogP) is 6.53. The summed E-state index contributed by atoms with van der Waals surface area (Å²) in [5.41, 5.74) is 1.90. The number of thiazole rings is 1. The van der Waals surface area contributed by atoms with Crippen LogP contribution in [0.25, 0.3) is 21.5 Å². The smallest absolute Gasteiger partial charge is 0.264 e. The normalized spacial score (nSPS) is 17.5. The molecule has 0 saturated carbocycles. The molecule has 0 amide bonds. The third kappa shape index (κ3) is 8.83. The molecule has 234 valence electrons. The second kappa shape index (κ2) is 13.8. The van der Waals surface area contributed by atoms with Crippen molar-refractivity contribution in [2.24, 2.45) is 0 Å². The van der Waals surface area contributed by atoms with Crippen molar-refractivity contribution < 1.29 is 31.2 Å². The van der Waals surface area contributed by atoms with E-state index in [1.54, 1.807) is 18.3 Å². The molecule has 1 aliphatic rings. The fourth-order valence-corrected chi connectivity index (χ4v) is 6.98. The number of rotatable bonds is 14. The van der Waals surface area contributed by atoms with Crippen LogP contribution in [0, 0.1) is 0 Å². The second-order valence-corrected chi connectivity index (χ2v) is 19.8. The number of ether oxygens (including phenoxy) is 3. The van der Waals surface area contributed by atoms with E-state index in [1.807, 2.05) is 10.9 Å². The summed E-state index contributed by atoms with van der Waals surface area (Å²) in [5.74, 6) is 0.866. The Morgan fingerprint density at radius 3 is 2.62 bits per heavy atom. The molecule has 4 rings (SSSR count). The molecular formula is C29H45N3O7S2Si. The van der Waals surface area contributed by atoms with Crippen LogP contribution in [0.5, 0.6) is 5.75 Å². The molecule has 0 aliphatic carbocycles. The molecule has 1 aliphatic heterocycles. The Balaban J connectivity index is 1.43. The number of aromatic nitrogens is 3. The minimum atomic E-state index is -3.46. The van der Waals surface area contributed by atoms with E-state index in [2.05, 4.69) is 57.0 Å². The molecule has 10 nitrogen and oxygen atoms in total. The molecule has 3 aromatic rings.